The standard InChI is InChI=1S/C29H29N5O4/c1-5-37-28(35)20(17-30)15-22-9-13-25(32-22)27(19-7-11-24(12-8-19)34(3)4)26-14-10-23(33-26)16-21(18-31)29(36)38-6-2/h7-16,27,32-33H,5-6H2,1-4H3/b20-15+,21-16+. The van der Waals surface area contributed by atoms with Gasteiger partial charge in [-0.3, -0.25) is 0 Å². The Balaban J connectivity index is 2.05. The molecule has 0 atom stereocenters. The summed E-state index contributed by atoms with van der Waals surface area (Å²) in [5.41, 5.74) is 4.54. The highest BCUT2D eigenvalue weighted by molar-refractivity contribution is 5.98. The molecule has 0 aliphatic heterocycles. The maximum absolute atomic E-state index is 12.1. The molecule has 9 nitrogen and oxygen atoms in total. The number of anilines is 1. The van der Waals surface area contributed by atoms with Crippen LogP contribution in [0.15, 0.2) is 59.7 Å². The number of ether oxygens (including phenoxy) is 2. The molecule has 194 valence electrons. The van der Waals surface area contributed by atoms with Crippen molar-refractivity contribution in [2.24, 2.45) is 0 Å². The Bertz CT molecular complexity index is 1340. The highest BCUT2D eigenvalue weighted by Crippen LogP contribution is 2.32. The Hall–Kier alpha value is -5.02. The zero-order valence-electron chi connectivity index (χ0n) is 21.7. The molecule has 0 saturated heterocycles. The van der Waals surface area contributed by atoms with Gasteiger partial charge in [-0.15, -0.1) is 0 Å². The van der Waals surface area contributed by atoms with E-state index in [1.165, 1.54) is 12.2 Å². The van der Waals surface area contributed by atoms with Crippen LogP contribution < -0.4 is 4.90 Å². The van der Waals surface area contributed by atoms with E-state index in [-0.39, 0.29) is 30.3 Å². The molecule has 1 aromatic carbocycles. The number of nitriles is 2. The molecule has 0 spiro atoms. The third-order valence-electron chi connectivity index (χ3n) is 5.66. The van der Waals surface area contributed by atoms with E-state index in [2.05, 4.69) is 9.97 Å². The number of benzene rings is 1. The first-order valence-electron chi connectivity index (χ1n) is 12.0. The molecule has 3 aromatic rings. The fourth-order valence-corrected chi connectivity index (χ4v) is 3.86. The van der Waals surface area contributed by atoms with E-state index in [9.17, 15) is 20.1 Å². The molecule has 0 bridgehead atoms. The van der Waals surface area contributed by atoms with Gasteiger partial charge in [0.1, 0.15) is 23.3 Å². The summed E-state index contributed by atoms with van der Waals surface area (Å²) >= 11 is 0. The Morgan fingerprint density at radius 1 is 0.816 bits per heavy atom. The Labute approximate surface area is 221 Å². The summed E-state index contributed by atoms with van der Waals surface area (Å²) < 4.78 is 9.90. The van der Waals surface area contributed by atoms with Crippen molar-refractivity contribution in [1.82, 2.24) is 9.97 Å². The number of rotatable bonds is 10. The molecule has 2 heterocycles. The van der Waals surface area contributed by atoms with Crippen LogP contribution in [0.25, 0.3) is 12.2 Å². The maximum atomic E-state index is 12.1. The summed E-state index contributed by atoms with van der Waals surface area (Å²) in [6.07, 6.45) is 2.91. The van der Waals surface area contributed by atoms with Gasteiger partial charge in [0.2, 0.25) is 0 Å². The van der Waals surface area contributed by atoms with Gasteiger partial charge in [-0.2, -0.15) is 10.5 Å². The van der Waals surface area contributed by atoms with E-state index in [1.807, 2.05) is 67.5 Å². The van der Waals surface area contributed by atoms with Gasteiger partial charge in [0, 0.05) is 42.6 Å². The molecule has 9 heteroatoms. The monoisotopic (exact) mass is 511 g/mol. The predicted octanol–water partition coefficient (Wildman–Crippen LogP) is 4.53. The zero-order valence-corrected chi connectivity index (χ0v) is 21.7. The minimum atomic E-state index is -0.683. The van der Waals surface area contributed by atoms with Crippen molar-refractivity contribution >= 4 is 29.8 Å². The lowest BCUT2D eigenvalue weighted by Crippen LogP contribution is -2.09. The number of hydrogen-bond donors (Lipinski definition) is 2. The van der Waals surface area contributed by atoms with Crippen LogP contribution in [0, 0.1) is 22.7 Å². The zero-order chi connectivity index (χ0) is 27.7. The molecule has 0 radical (unpaired) electrons. The smallest absolute Gasteiger partial charge is 0.348 e. The summed E-state index contributed by atoms with van der Waals surface area (Å²) in [5.74, 6) is -1.65. The van der Waals surface area contributed by atoms with Gasteiger partial charge in [0.25, 0.3) is 0 Å². The van der Waals surface area contributed by atoms with Crippen molar-refractivity contribution in [3.05, 3.63) is 88.0 Å². The van der Waals surface area contributed by atoms with Crippen molar-refractivity contribution in [2.75, 3.05) is 32.2 Å². The highest BCUT2D eigenvalue weighted by Gasteiger charge is 2.21. The van der Waals surface area contributed by atoms with Crippen LogP contribution in [0.1, 0.15) is 48.1 Å². The molecule has 0 unspecified atom stereocenters. The van der Waals surface area contributed by atoms with Crippen molar-refractivity contribution in [3.63, 3.8) is 0 Å². The van der Waals surface area contributed by atoms with Gasteiger partial charge in [0.15, 0.2) is 0 Å². The Morgan fingerprint density at radius 3 is 1.63 bits per heavy atom. The summed E-state index contributed by atoms with van der Waals surface area (Å²) in [6.45, 7) is 3.70. The second-order valence-electron chi connectivity index (χ2n) is 8.44. The number of carbonyl (C=O) groups excluding carboxylic acids is 2. The SMILES string of the molecule is CCOC(=O)/C(C#N)=C/c1ccc(C(c2ccc(N(C)C)cc2)c2ccc(/C=C(\C#N)C(=O)OCC)[nH]2)[nH]1. The third kappa shape index (κ3) is 6.59. The number of carbonyl (C=O) groups is 2. The van der Waals surface area contributed by atoms with Crippen LogP contribution >= 0.6 is 0 Å². The highest BCUT2D eigenvalue weighted by atomic mass is 16.5. The van der Waals surface area contributed by atoms with Gasteiger partial charge in [0.05, 0.1) is 19.1 Å². The van der Waals surface area contributed by atoms with E-state index in [1.54, 1.807) is 26.0 Å². The summed E-state index contributed by atoms with van der Waals surface area (Å²) in [5, 5.41) is 18.8. The lowest BCUT2D eigenvalue weighted by atomic mass is 9.92. The van der Waals surface area contributed by atoms with E-state index in [0.29, 0.717) is 11.4 Å². The quantitative estimate of drug-likeness (QED) is 0.232. The number of esters is 2. The summed E-state index contributed by atoms with van der Waals surface area (Å²) in [6, 6.07) is 19.2. The first-order valence-corrected chi connectivity index (χ1v) is 12.0. The largest absolute Gasteiger partial charge is 0.462 e. The molecule has 0 amide bonds. The number of aromatic nitrogens is 2. The third-order valence-corrected chi connectivity index (χ3v) is 5.66. The first kappa shape index (κ1) is 27.6. The van der Waals surface area contributed by atoms with Crippen molar-refractivity contribution in [1.29, 1.82) is 10.5 Å². The minimum absolute atomic E-state index is 0.109. The Morgan fingerprint density at radius 2 is 1.26 bits per heavy atom. The van der Waals surface area contributed by atoms with E-state index < -0.39 is 11.9 Å². The van der Waals surface area contributed by atoms with Gasteiger partial charge >= 0.3 is 11.9 Å². The number of nitrogens with zero attached hydrogens (tertiary/aromatic N) is 3. The fraction of sp³-hybridized carbons (Fsp3) is 0.241. The number of nitrogens with one attached hydrogen (secondary N) is 2. The van der Waals surface area contributed by atoms with Crippen LogP contribution in [0.3, 0.4) is 0 Å². The molecule has 0 aliphatic carbocycles. The van der Waals surface area contributed by atoms with Crippen LogP contribution in [0.2, 0.25) is 0 Å². The molecular formula is C29H29N5O4. The Kier molecular flexibility index (Phi) is 9.28. The molecule has 0 saturated carbocycles. The average Bonchev–Trinajstić information content (AvgIpc) is 3.56. The average molecular weight is 512 g/mol. The molecular weight excluding hydrogens is 482 g/mol. The van der Waals surface area contributed by atoms with E-state index >= 15 is 0 Å². The van der Waals surface area contributed by atoms with Gasteiger partial charge < -0.3 is 24.3 Å². The van der Waals surface area contributed by atoms with Gasteiger partial charge in [-0.05, 0) is 68.0 Å². The molecule has 0 aliphatic rings. The normalized spacial score (nSPS) is 12.3. The molecule has 3 rings (SSSR count). The number of hydrogen-bond acceptors (Lipinski definition) is 7. The molecule has 2 N–H and O–H groups in total. The summed E-state index contributed by atoms with van der Waals surface area (Å²) in [4.78, 5) is 32.7. The predicted molar refractivity (Wildman–Crippen MR) is 144 cm³/mol. The molecule has 2 aromatic heterocycles. The van der Waals surface area contributed by atoms with Crippen LogP contribution in [-0.2, 0) is 19.1 Å². The van der Waals surface area contributed by atoms with Gasteiger partial charge in [-0.1, -0.05) is 12.1 Å². The second kappa shape index (κ2) is 12.8. The van der Waals surface area contributed by atoms with E-state index in [4.69, 9.17) is 9.47 Å². The van der Waals surface area contributed by atoms with Crippen molar-refractivity contribution in [3.8, 4) is 12.1 Å². The molecule has 38 heavy (non-hydrogen) atoms. The lowest BCUT2D eigenvalue weighted by Gasteiger charge is -2.18. The van der Waals surface area contributed by atoms with Crippen molar-refractivity contribution < 1.29 is 19.1 Å². The van der Waals surface area contributed by atoms with Crippen molar-refractivity contribution in [2.45, 2.75) is 19.8 Å². The topological polar surface area (TPSA) is 135 Å². The van der Waals surface area contributed by atoms with Crippen LogP contribution in [0.4, 0.5) is 5.69 Å². The second-order valence-corrected chi connectivity index (χ2v) is 8.44. The maximum Gasteiger partial charge on any atom is 0.348 e. The number of aromatic amines is 2. The lowest BCUT2D eigenvalue weighted by molar-refractivity contribution is -0.138. The van der Waals surface area contributed by atoms with Crippen LogP contribution in [-0.4, -0.2) is 49.2 Å². The first-order chi connectivity index (χ1) is 18.3. The minimum Gasteiger partial charge on any atom is -0.462 e. The van der Waals surface area contributed by atoms with Gasteiger partial charge in [-0.25, -0.2) is 9.59 Å². The summed E-state index contributed by atoms with van der Waals surface area (Å²) in [7, 11) is 3.93. The van der Waals surface area contributed by atoms with E-state index in [0.717, 1.165) is 22.6 Å². The van der Waals surface area contributed by atoms with Crippen LogP contribution in [0.5, 0.6) is 0 Å². The molecule has 0 fully saturated rings. The fourth-order valence-electron chi connectivity index (χ4n) is 3.86. The number of H-pyrrole nitrogens is 2.